The summed E-state index contributed by atoms with van der Waals surface area (Å²) in [6.07, 6.45) is 3.77. The van der Waals surface area contributed by atoms with Gasteiger partial charge in [-0.15, -0.1) is 0 Å². The molecule has 0 bridgehead atoms. The minimum absolute atomic E-state index is 0.0269. The highest BCUT2D eigenvalue weighted by Crippen LogP contribution is 2.23. The molecule has 2 aromatic heterocycles. The third-order valence-corrected chi connectivity index (χ3v) is 9.48. The van der Waals surface area contributed by atoms with Crippen LogP contribution in [0.25, 0.3) is 21.8 Å². The molecule has 2 heterocycles. The van der Waals surface area contributed by atoms with Crippen LogP contribution in [0.15, 0.2) is 60.9 Å². The molecule has 0 radical (unpaired) electrons. The van der Waals surface area contributed by atoms with Crippen LogP contribution in [-0.2, 0) is 36.8 Å². The van der Waals surface area contributed by atoms with Gasteiger partial charge < -0.3 is 35.5 Å². The van der Waals surface area contributed by atoms with Gasteiger partial charge in [0, 0.05) is 73.2 Å². The second-order valence-corrected chi connectivity index (χ2v) is 12.8. The number of carbonyl (C=O) groups is 5. The first-order valence-electron chi connectivity index (χ1n) is 16.7. The van der Waals surface area contributed by atoms with Gasteiger partial charge in [-0.05, 0) is 29.2 Å². The lowest BCUT2D eigenvalue weighted by molar-refractivity contribution is -0.149. The van der Waals surface area contributed by atoms with E-state index in [1.54, 1.807) is 24.2 Å². The summed E-state index contributed by atoms with van der Waals surface area (Å²) in [5, 5.41) is 52.1. The molecule has 0 aliphatic rings. The van der Waals surface area contributed by atoms with Crippen molar-refractivity contribution in [3.8, 4) is 0 Å². The van der Waals surface area contributed by atoms with E-state index >= 15 is 0 Å². The maximum atomic E-state index is 12.7. The smallest absolute Gasteiger partial charge is 0.321 e. The minimum Gasteiger partial charge on any atom is -0.480 e. The Hall–Kier alpha value is -5.25. The number of carboxylic acid groups (broad SMARTS) is 5. The lowest BCUT2D eigenvalue weighted by Crippen LogP contribution is -2.55. The Morgan fingerprint density at radius 3 is 1.35 bits per heavy atom. The summed E-state index contributed by atoms with van der Waals surface area (Å²) in [4.78, 5) is 72.2. The lowest BCUT2D eigenvalue weighted by Gasteiger charge is -2.37. The topological polar surface area (TPSA) is 228 Å². The van der Waals surface area contributed by atoms with Crippen molar-refractivity contribution in [2.45, 2.75) is 51.2 Å². The second-order valence-electron chi connectivity index (χ2n) is 12.8. The largest absolute Gasteiger partial charge is 0.480 e. The molecule has 0 saturated heterocycles. The van der Waals surface area contributed by atoms with Crippen LogP contribution in [-0.4, -0.2) is 137 Å². The molecule has 7 N–H and O–H groups in total. The molecule has 51 heavy (non-hydrogen) atoms. The van der Waals surface area contributed by atoms with Gasteiger partial charge in [-0.1, -0.05) is 56.7 Å². The maximum absolute atomic E-state index is 12.7. The number of para-hydroxylation sites is 2. The monoisotopic (exact) mass is 707 g/mol. The fraction of sp³-hybridized carbons (Fsp3) is 0.417. The molecule has 274 valence electrons. The van der Waals surface area contributed by atoms with Gasteiger partial charge in [0.2, 0.25) is 0 Å². The van der Waals surface area contributed by atoms with Crippen molar-refractivity contribution in [2.24, 2.45) is 5.92 Å². The second kappa shape index (κ2) is 17.6. The average molecular weight is 708 g/mol. The van der Waals surface area contributed by atoms with Gasteiger partial charge in [0.15, 0.2) is 0 Å². The number of nitrogens with one attached hydrogen (secondary N) is 2. The summed E-state index contributed by atoms with van der Waals surface area (Å²) in [5.41, 5.74) is 2.93. The summed E-state index contributed by atoms with van der Waals surface area (Å²) in [6, 6.07) is 11.0. The van der Waals surface area contributed by atoms with Gasteiger partial charge in [-0.25, -0.2) is 0 Å². The molecule has 2 aromatic carbocycles. The van der Waals surface area contributed by atoms with Crippen LogP contribution in [0.2, 0.25) is 0 Å². The molecule has 4 rings (SSSR count). The van der Waals surface area contributed by atoms with Gasteiger partial charge >= 0.3 is 29.8 Å². The van der Waals surface area contributed by atoms with Gasteiger partial charge in [-0.2, -0.15) is 0 Å². The zero-order valence-corrected chi connectivity index (χ0v) is 28.6. The van der Waals surface area contributed by atoms with Crippen molar-refractivity contribution in [3.05, 3.63) is 72.1 Å². The maximum Gasteiger partial charge on any atom is 0.321 e. The molecule has 0 aliphatic heterocycles. The first-order chi connectivity index (χ1) is 24.3. The highest BCUT2D eigenvalue weighted by atomic mass is 16.4. The third kappa shape index (κ3) is 9.93. The zero-order valence-electron chi connectivity index (χ0n) is 28.6. The molecular formula is C36H45N5O10. The molecule has 0 amide bonds. The Morgan fingerprint density at radius 1 is 0.608 bits per heavy atom. The molecule has 15 heteroatoms. The van der Waals surface area contributed by atoms with Crippen LogP contribution < -0.4 is 0 Å². The van der Waals surface area contributed by atoms with E-state index in [1.165, 1.54) is 9.80 Å². The SMILES string of the molecule is CC[C@H](C)[C@H](C(=O)O)N(CCN(CC(=O)O)[C@@H](Cc1c[nH]c2ccccc12)C(=O)O)CCN(CC(=O)O)[C@@H](Cc1c[nH]c2ccccc12)C(=O)O. The number of nitrogens with zero attached hydrogens (tertiary/aromatic N) is 3. The Balaban J connectivity index is 1.62. The summed E-state index contributed by atoms with van der Waals surface area (Å²) in [5.74, 6) is -6.61. The van der Waals surface area contributed by atoms with Crippen molar-refractivity contribution >= 4 is 51.7 Å². The van der Waals surface area contributed by atoms with E-state index in [9.17, 15) is 49.5 Å². The Kier molecular flexibility index (Phi) is 13.3. The molecular weight excluding hydrogens is 662 g/mol. The number of aromatic nitrogens is 2. The van der Waals surface area contributed by atoms with Crippen LogP contribution in [0, 0.1) is 5.92 Å². The van der Waals surface area contributed by atoms with Crippen molar-refractivity contribution < 1.29 is 49.5 Å². The van der Waals surface area contributed by atoms with E-state index in [1.807, 2.05) is 55.5 Å². The van der Waals surface area contributed by atoms with Crippen molar-refractivity contribution in [2.75, 3.05) is 39.3 Å². The van der Waals surface area contributed by atoms with Gasteiger partial charge in [0.25, 0.3) is 0 Å². The molecule has 15 nitrogen and oxygen atoms in total. The minimum atomic E-state index is -1.27. The van der Waals surface area contributed by atoms with E-state index in [4.69, 9.17) is 0 Å². The molecule has 0 unspecified atom stereocenters. The Morgan fingerprint density at radius 2 is 1.00 bits per heavy atom. The molecule has 0 aliphatic carbocycles. The standard InChI is InChI=1S/C36H45N5O10/c1-3-22(2)33(36(50)51)39(12-14-40(20-31(42)43)29(34(46)47)16-23-18-37-27-10-6-4-8-25(23)27)13-15-41(21-32(44)45)30(35(48)49)17-24-19-38-28-11-7-5-9-26(24)28/h4-11,18-19,22,29-30,33,37-38H,3,12-17,20-21H2,1-2H3,(H,42,43)(H,44,45)(H,46,47)(H,48,49)(H,50,51)/t22-,29-,30-,33+/m0/s1. The lowest BCUT2D eigenvalue weighted by atomic mass is 9.97. The summed E-state index contributed by atoms with van der Waals surface area (Å²) in [7, 11) is 0. The van der Waals surface area contributed by atoms with E-state index < -0.39 is 67.0 Å². The van der Waals surface area contributed by atoms with Crippen molar-refractivity contribution in [3.63, 3.8) is 0 Å². The Bertz CT molecular complexity index is 1720. The van der Waals surface area contributed by atoms with E-state index in [0.29, 0.717) is 17.5 Å². The number of benzene rings is 2. The number of hydrogen-bond donors (Lipinski definition) is 7. The first kappa shape index (κ1) is 38.6. The highest BCUT2D eigenvalue weighted by Gasteiger charge is 2.35. The normalized spacial score (nSPS) is 14.2. The predicted molar refractivity (Wildman–Crippen MR) is 188 cm³/mol. The van der Waals surface area contributed by atoms with Crippen LogP contribution in [0.1, 0.15) is 31.4 Å². The molecule has 4 aromatic rings. The van der Waals surface area contributed by atoms with Crippen molar-refractivity contribution in [1.82, 2.24) is 24.7 Å². The number of aliphatic carboxylic acids is 5. The summed E-state index contributed by atoms with van der Waals surface area (Å²) >= 11 is 0. The number of rotatable bonds is 22. The fourth-order valence-corrected chi connectivity index (χ4v) is 6.69. The fourth-order valence-electron chi connectivity index (χ4n) is 6.69. The third-order valence-electron chi connectivity index (χ3n) is 9.48. The van der Waals surface area contributed by atoms with Gasteiger partial charge in [-0.3, -0.25) is 38.7 Å². The predicted octanol–water partition coefficient (Wildman–Crippen LogP) is 2.92. The summed E-state index contributed by atoms with van der Waals surface area (Å²) in [6.45, 7) is 1.81. The molecule has 0 fully saturated rings. The van der Waals surface area contributed by atoms with Gasteiger partial charge in [0.05, 0.1) is 13.1 Å². The molecule has 0 spiro atoms. The van der Waals surface area contributed by atoms with Crippen LogP contribution in [0.3, 0.4) is 0 Å². The number of aromatic amines is 2. The van der Waals surface area contributed by atoms with Gasteiger partial charge in [0.1, 0.15) is 18.1 Å². The van der Waals surface area contributed by atoms with E-state index in [0.717, 1.165) is 21.8 Å². The van der Waals surface area contributed by atoms with E-state index in [-0.39, 0.29) is 39.0 Å². The number of hydrogen-bond acceptors (Lipinski definition) is 8. The van der Waals surface area contributed by atoms with E-state index in [2.05, 4.69) is 9.97 Å². The average Bonchev–Trinajstić information content (AvgIpc) is 3.69. The van der Waals surface area contributed by atoms with Crippen LogP contribution in [0.5, 0.6) is 0 Å². The Labute approximate surface area is 294 Å². The summed E-state index contributed by atoms with van der Waals surface area (Å²) < 4.78 is 0. The molecule has 4 atom stereocenters. The van der Waals surface area contributed by atoms with Crippen LogP contribution >= 0.6 is 0 Å². The first-order valence-corrected chi connectivity index (χ1v) is 16.7. The molecule has 0 saturated carbocycles. The van der Waals surface area contributed by atoms with Crippen molar-refractivity contribution in [1.29, 1.82) is 0 Å². The van der Waals surface area contributed by atoms with Crippen LogP contribution in [0.4, 0.5) is 0 Å². The number of fused-ring (bicyclic) bond motifs is 2. The highest BCUT2D eigenvalue weighted by molar-refractivity contribution is 5.85. The quantitative estimate of drug-likeness (QED) is 0.0624. The number of H-pyrrole nitrogens is 2. The number of carboxylic acids is 5. The zero-order chi connectivity index (χ0) is 37.2.